The van der Waals surface area contributed by atoms with E-state index >= 15 is 0 Å². The van der Waals surface area contributed by atoms with Gasteiger partial charge in [-0.1, -0.05) is 17.3 Å². The van der Waals surface area contributed by atoms with Gasteiger partial charge in [-0.25, -0.2) is 4.39 Å². The van der Waals surface area contributed by atoms with Crippen molar-refractivity contribution >= 4 is 5.91 Å². The molecular formula is C15H17FN4O2. The number of rotatable bonds is 5. The topological polar surface area (TPSA) is 71.3 Å². The van der Waals surface area contributed by atoms with E-state index in [0.29, 0.717) is 24.8 Å². The minimum Gasteiger partial charge on any atom is -0.351 e. The highest BCUT2D eigenvalue weighted by atomic mass is 19.1. The Hall–Kier alpha value is -2.28. The van der Waals surface area contributed by atoms with Crippen LogP contribution in [0.2, 0.25) is 0 Å². The second-order valence-corrected chi connectivity index (χ2v) is 5.47. The molecule has 0 saturated carbocycles. The van der Waals surface area contributed by atoms with Gasteiger partial charge in [0, 0.05) is 19.6 Å². The maximum absolute atomic E-state index is 12.8. The molecule has 3 rings (SSSR count). The lowest BCUT2D eigenvalue weighted by Crippen LogP contribution is -2.49. The number of hydrogen-bond donors (Lipinski definition) is 1. The molecule has 1 saturated heterocycles. The first-order valence-corrected chi connectivity index (χ1v) is 7.14. The second kappa shape index (κ2) is 6.23. The van der Waals surface area contributed by atoms with E-state index in [1.807, 2.05) is 4.90 Å². The third-order valence-corrected chi connectivity index (χ3v) is 3.62. The monoisotopic (exact) mass is 304 g/mol. The molecule has 0 bridgehead atoms. The van der Waals surface area contributed by atoms with Crippen molar-refractivity contribution in [1.29, 1.82) is 0 Å². The molecule has 1 fully saturated rings. The van der Waals surface area contributed by atoms with Gasteiger partial charge in [0.2, 0.25) is 11.8 Å². The molecule has 1 aromatic heterocycles. The summed E-state index contributed by atoms with van der Waals surface area (Å²) in [6, 6.07) is 6.09. The van der Waals surface area contributed by atoms with Crippen molar-refractivity contribution in [3.63, 3.8) is 0 Å². The number of likely N-dealkylation sites (tertiary alicyclic amines) is 1. The molecule has 22 heavy (non-hydrogen) atoms. The Morgan fingerprint density at radius 1 is 1.41 bits per heavy atom. The van der Waals surface area contributed by atoms with E-state index in [1.165, 1.54) is 12.1 Å². The Morgan fingerprint density at radius 2 is 2.14 bits per heavy atom. The normalized spacial score (nSPS) is 15.5. The summed E-state index contributed by atoms with van der Waals surface area (Å²) in [4.78, 5) is 18.1. The summed E-state index contributed by atoms with van der Waals surface area (Å²) in [5.74, 6) is 1.15. The number of hydrogen-bond acceptors (Lipinski definition) is 5. The van der Waals surface area contributed by atoms with Crippen molar-refractivity contribution in [3.8, 4) is 0 Å². The van der Waals surface area contributed by atoms with Gasteiger partial charge in [-0.2, -0.15) is 4.98 Å². The molecule has 0 spiro atoms. The predicted molar refractivity (Wildman–Crippen MR) is 76.5 cm³/mol. The fraction of sp³-hybridized carbons (Fsp3) is 0.400. The van der Waals surface area contributed by atoms with Gasteiger partial charge in [0.1, 0.15) is 5.82 Å². The van der Waals surface area contributed by atoms with Crippen LogP contribution in [-0.4, -0.2) is 40.6 Å². The van der Waals surface area contributed by atoms with Crippen LogP contribution in [0.3, 0.4) is 0 Å². The molecule has 6 nitrogen and oxygen atoms in total. The molecule has 2 aromatic rings. The highest BCUT2D eigenvalue weighted by molar-refractivity contribution is 5.78. The minimum absolute atomic E-state index is 0.0514. The van der Waals surface area contributed by atoms with E-state index in [1.54, 1.807) is 19.1 Å². The average Bonchev–Trinajstić information content (AvgIpc) is 2.88. The van der Waals surface area contributed by atoms with Crippen LogP contribution in [0.4, 0.5) is 4.39 Å². The molecule has 1 aliphatic rings. The van der Waals surface area contributed by atoms with Crippen molar-refractivity contribution in [2.45, 2.75) is 19.4 Å². The van der Waals surface area contributed by atoms with Crippen LogP contribution in [0.1, 0.15) is 23.2 Å². The van der Waals surface area contributed by atoms with Crippen LogP contribution in [0, 0.1) is 12.7 Å². The van der Waals surface area contributed by atoms with E-state index in [9.17, 15) is 9.18 Å². The number of aryl methyl sites for hydroxylation is 1. The van der Waals surface area contributed by atoms with E-state index in [4.69, 9.17) is 4.52 Å². The van der Waals surface area contributed by atoms with Crippen LogP contribution >= 0.6 is 0 Å². The SMILES string of the molecule is Cc1noc(C2CN(CC(=O)NCc3ccc(F)cc3)C2)n1. The standard InChI is InChI=1S/C15H17FN4O2/c1-10-18-15(22-19-10)12-7-20(8-12)9-14(21)17-6-11-2-4-13(16)5-3-11/h2-5,12H,6-9H2,1H3,(H,17,21). The van der Waals surface area contributed by atoms with E-state index in [2.05, 4.69) is 15.5 Å². The third kappa shape index (κ3) is 3.48. The number of nitrogens with one attached hydrogen (secondary N) is 1. The summed E-state index contributed by atoms with van der Waals surface area (Å²) >= 11 is 0. The van der Waals surface area contributed by atoms with Crippen LogP contribution in [-0.2, 0) is 11.3 Å². The highest BCUT2D eigenvalue weighted by Gasteiger charge is 2.33. The minimum atomic E-state index is -0.280. The Morgan fingerprint density at radius 3 is 2.77 bits per heavy atom. The molecule has 0 aliphatic carbocycles. The molecule has 2 heterocycles. The summed E-state index contributed by atoms with van der Waals surface area (Å²) in [5.41, 5.74) is 0.873. The second-order valence-electron chi connectivity index (χ2n) is 5.47. The first-order valence-electron chi connectivity index (χ1n) is 7.14. The van der Waals surface area contributed by atoms with Gasteiger partial charge in [0.05, 0.1) is 12.5 Å². The molecule has 0 unspecified atom stereocenters. The first kappa shape index (κ1) is 14.6. The highest BCUT2D eigenvalue weighted by Crippen LogP contribution is 2.24. The van der Waals surface area contributed by atoms with Crippen molar-refractivity contribution in [1.82, 2.24) is 20.4 Å². The molecule has 7 heteroatoms. The zero-order valence-electron chi connectivity index (χ0n) is 12.3. The first-order chi connectivity index (χ1) is 10.6. The van der Waals surface area contributed by atoms with Gasteiger partial charge in [-0.3, -0.25) is 9.69 Å². The lowest BCUT2D eigenvalue weighted by molar-refractivity contribution is -0.123. The van der Waals surface area contributed by atoms with Gasteiger partial charge in [0.15, 0.2) is 5.82 Å². The molecule has 1 aliphatic heterocycles. The zero-order valence-corrected chi connectivity index (χ0v) is 12.3. The van der Waals surface area contributed by atoms with E-state index in [0.717, 1.165) is 18.7 Å². The summed E-state index contributed by atoms with van der Waals surface area (Å²) in [5, 5.41) is 6.59. The van der Waals surface area contributed by atoms with Gasteiger partial charge in [-0.15, -0.1) is 0 Å². The molecular weight excluding hydrogens is 287 g/mol. The Labute approximate surface area is 127 Å². The molecule has 1 N–H and O–H groups in total. The van der Waals surface area contributed by atoms with Crippen molar-refractivity contribution in [2.75, 3.05) is 19.6 Å². The summed E-state index contributed by atoms with van der Waals surface area (Å²) in [7, 11) is 0. The maximum Gasteiger partial charge on any atom is 0.234 e. The van der Waals surface area contributed by atoms with Crippen molar-refractivity contribution in [2.24, 2.45) is 0 Å². The molecule has 1 amide bonds. The third-order valence-electron chi connectivity index (χ3n) is 3.62. The van der Waals surface area contributed by atoms with E-state index in [-0.39, 0.29) is 17.6 Å². The molecule has 1 aromatic carbocycles. The zero-order chi connectivity index (χ0) is 15.5. The van der Waals surface area contributed by atoms with Crippen molar-refractivity contribution < 1.29 is 13.7 Å². The van der Waals surface area contributed by atoms with Crippen LogP contribution in [0.25, 0.3) is 0 Å². The number of carbonyl (C=O) groups is 1. The largest absolute Gasteiger partial charge is 0.351 e. The maximum atomic E-state index is 12.8. The van der Waals surface area contributed by atoms with Crippen LogP contribution in [0.15, 0.2) is 28.8 Å². The lowest BCUT2D eigenvalue weighted by atomic mass is 10.0. The number of aromatic nitrogens is 2. The average molecular weight is 304 g/mol. The Bertz CT molecular complexity index is 650. The fourth-order valence-corrected chi connectivity index (χ4v) is 2.40. The molecule has 0 atom stereocenters. The lowest BCUT2D eigenvalue weighted by Gasteiger charge is -2.36. The Balaban J connectivity index is 1.39. The van der Waals surface area contributed by atoms with Crippen LogP contribution in [0.5, 0.6) is 0 Å². The summed E-state index contributed by atoms with van der Waals surface area (Å²) in [6.45, 7) is 4.01. The number of amides is 1. The van der Waals surface area contributed by atoms with Crippen LogP contribution < -0.4 is 5.32 Å². The molecule has 0 radical (unpaired) electrons. The van der Waals surface area contributed by atoms with Gasteiger partial charge in [-0.05, 0) is 24.6 Å². The summed E-state index contributed by atoms with van der Waals surface area (Å²) in [6.07, 6.45) is 0. The van der Waals surface area contributed by atoms with Crippen molar-refractivity contribution in [3.05, 3.63) is 47.4 Å². The van der Waals surface area contributed by atoms with E-state index < -0.39 is 0 Å². The van der Waals surface area contributed by atoms with Gasteiger partial charge < -0.3 is 9.84 Å². The smallest absolute Gasteiger partial charge is 0.234 e. The number of halogens is 1. The number of carbonyl (C=O) groups excluding carboxylic acids is 1. The summed E-state index contributed by atoms with van der Waals surface area (Å²) < 4.78 is 17.9. The number of benzene rings is 1. The van der Waals surface area contributed by atoms with Gasteiger partial charge in [0.25, 0.3) is 0 Å². The molecule has 116 valence electrons. The quantitative estimate of drug-likeness (QED) is 0.899. The fourth-order valence-electron chi connectivity index (χ4n) is 2.40. The Kier molecular flexibility index (Phi) is 4.15. The number of nitrogens with zero attached hydrogens (tertiary/aromatic N) is 3. The van der Waals surface area contributed by atoms with Gasteiger partial charge >= 0.3 is 0 Å². The predicted octanol–water partition coefficient (Wildman–Crippen LogP) is 1.23.